The Balaban J connectivity index is 1.49. The van der Waals surface area contributed by atoms with Crippen molar-refractivity contribution in [3.63, 3.8) is 0 Å². The van der Waals surface area contributed by atoms with Gasteiger partial charge in [-0.25, -0.2) is 0 Å². The molecule has 0 aromatic carbocycles. The summed E-state index contributed by atoms with van der Waals surface area (Å²) in [6.45, 7) is 4.29. The SMILES string of the molecule is CCn1nc(C(=O)NCc2ccncc2)c2c1CCC(N(C)Cc1ccsc1)C2. The maximum absolute atomic E-state index is 12.9. The summed E-state index contributed by atoms with van der Waals surface area (Å²) in [4.78, 5) is 19.4. The Bertz CT molecular complexity index is 951. The third-order valence-electron chi connectivity index (χ3n) is 5.67. The highest BCUT2D eigenvalue weighted by Gasteiger charge is 2.30. The molecule has 29 heavy (non-hydrogen) atoms. The lowest BCUT2D eigenvalue weighted by atomic mass is 9.90. The third-order valence-corrected chi connectivity index (χ3v) is 6.41. The molecule has 0 aliphatic heterocycles. The number of hydrogen-bond acceptors (Lipinski definition) is 5. The van der Waals surface area contributed by atoms with Crippen LogP contribution in [0.15, 0.2) is 41.4 Å². The first-order chi connectivity index (χ1) is 14.2. The van der Waals surface area contributed by atoms with Crippen LogP contribution in [0, 0.1) is 0 Å². The van der Waals surface area contributed by atoms with Crippen molar-refractivity contribution in [2.24, 2.45) is 0 Å². The number of pyridine rings is 1. The van der Waals surface area contributed by atoms with Crippen molar-refractivity contribution >= 4 is 17.2 Å². The number of hydrogen-bond donors (Lipinski definition) is 1. The topological polar surface area (TPSA) is 63.1 Å². The van der Waals surface area contributed by atoms with Crippen LogP contribution in [0.4, 0.5) is 0 Å². The van der Waals surface area contributed by atoms with E-state index in [9.17, 15) is 4.79 Å². The molecule has 0 saturated carbocycles. The van der Waals surface area contributed by atoms with Gasteiger partial charge in [0.15, 0.2) is 5.69 Å². The predicted molar refractivity (Wildman–Crippen MR) is 115 cm³/mol. The number of rotatable bonds is 7. The van der Waals surface area contributed by atoms with E-state index in [1.54, 1.807) is 23.7 Å². The van der Waals surface area contributed by atoms with Crippen molar-refractivity contribution in [2.75, 3.05) is 7.05 Å². The Hall–Kier alpha value is -2.51. The van der Waals surface area contributed by atoms with Gasteiger partial charge in [0.25, 0.3) is 5.91 Å². The van der Waals surface area contributed by atoms with Gasteiger partial charge < -0.3 is 5.32 Å². The van der Waals surface area contributed by atoms with Gasteiger partial charge in [-0.15, -0.1) is 0 Å². The van der Waals surface area contributed by atoms with Crippen molar-refractivity contribution in [3.8, 4) is 0 Å². The van der Waals surface area contributed by atoms with Gasteiger partial charge in [0, 0.05) is 49.3 Å². The summed E-state index contributed by atoms with van der Waals surface area (Å²) >= 11 is 1.74. The Morgan fingerprint density at radius 3 is 2.86 bits per heavy atom. The summed E-state index contributed by atoms with van der Waals surface area (Å²) in [6.07, 6.45) is 6.41. The Morgan fingerprint density at radius 2 is 2.14 bits per heavy atom. The van der Waals surface area contributed by atoms with E-state index in [1.807, 2.05) is 16.8 Å². The molecule has 0 saturated heterocycles. The first-order valence-corrected chi connectivity index (χ1v) is 11.1. The highest BCUT2D eigenvalue weighted by atomic mass is 32.1. The van der Waals surface area contributed by atoms with Crippen LogP contribution in [0.25, 0.3) is 0 Å². The molecule has 1 unspecified atom stereocenters. The second-order valence-electron chi connectivity index (χ2n) is 7.57. The zero-order valence-corrected chi connectivity index (χ0v) is 17.8. The van der Waals surface area contributed by atoms with Crippen LogP contribution < -0.4 is 5.32 Å². The van der Waals surface area contributed by atoms with Crippen LogP contribution in [0.3, 0.4) is 0 Å². The molecule has 1 aliphatic carbocycles. The van der Waals surface area contributed by atoms with E-state index >= 15 is 0 Å². The fourth-order valence-electron chi connectivity index (χ4n) is 4.06. The lowest BCUT2D eigenvalue weighted by Crippen LogP contribution is -2.37. The largest absolute Gasteiger partial charge is 0.347 e. The van der Waals surface area contributed by atoms with Crippen LogP contribution >= 0.6 is 11.3 Å². The van der Waals surface area contributed by atoms with Crippen molar-refractivity contribution < 1.29 is 4.79 Å². The van der Waals surface area contributed by atoms with E-state index in [2.05, 4.69) is 51.1 Å². The minimum absolute atomic E-state index is 0.0913. The van der Waals surface area contributed by atoms with Gasteiger partial charge in [-0.1, -0.05) is 0 Å². The third kappa shape index (κ3) is 4.41. The van der Waals surface area contributed by atoms with Crippen LogP contribution in [0.2, 0.25) is 0 Å². The van der Waals surface area contributed by atoms with Gasteiger partial charge in [0.2, 0.25) is 0 Å². The molecular weight excluding hydrogens is 382 g/mol. The summed E-state index contributed by atoms with van der Waals surface area (Å²) in [7, 11) is 2.18. The zero-order chi connectivity index (χ0) is 20.2. The maximum Gasteiger partial charge on any atom is 0.272 e. The maximum atomic E-state index is 12.9. The number of carbonyl (C=O) groups is 1. The van der Waals surface area contributed by atoms with Gasteiger partial charge in [0.1, 0.15) is 0 Å². The Morgan fingerprint density at radius 1 is 1.31 bits per heavy atom. The standard InChI is InChI=1S/C22H27N5OS/c1-3-27-20-5-4-18(26(2)14-17-8-11-29-15-17)12-19(20)21(25-27)22(28)24-13-16-6-9-23-10-7-16/h6-11,15,18H,3-5,12-14H2,1-2H3,(H,24,28). The Labute approximate surface area is 175 Å². The normalized spacial score (nSPS) is 16.0. The molecule has 1 aliphatic rings. The summed E-state index contributed by atoms with van der Waals surface area (Å²) in [5.74, 6) is -0.0913. The minimum Gasteiger partial charge on any atom is -0.347 e. The summed E-state index contributed by atoms with van der Waals surface area (Å²) < 4.78 is 2.01. The number of nitrogens with one attached hydrogen (secondary N) is 1. The molecular formula is C22H27N5OS. The molecule has 152 valence electrons. The number of amides is 1. The number of aryl methyl sites for hydroxylation is 1. The van der Waals surface area contributed by atoms with Crippen LogP contribution in [0.5, 0.6) is 0 Å². The van der Waals surface area contributed by atoms with E-state index in [1.165, 1.54) is 11.3 Å². The monoisotopic (exact) mass is 409 g/mol. The van der Waals surface area contributed by atoms with Crippen molar-refractivity contribution in [2.45, 2.75) is 51.9 Å². The van der Waals surface area contributed by atoms with E-state index in [0.717, 1.165) is 43.5 Å². The Kier molecular flexibility index (Phi) is 6.06. The van der Waals surface area contributed by atoms with Gasteiger partial charge in [-0.2, -0.15) is 16.4 Å². The van der Waals surface area contributed by atoms with E-state index in [-0.39, 0.29) is 5.91 Å². The quantitative estimate of drug-likeness (QED) is 0.651. The minimum atomic E-state index is -0.0913. The number of nitrogens with zero attached hydrogens (tertiary/aromatic N) is 4. The van der Waals surface area contributed by atoms with E-state index < -0.39 is 0 Å². The number of likely N-dealkylation sites (N-methyl/N-ethyl adjacent to an activating group) is 1. The molecule has 7 heteroatoms. The van der Waals surface area contributed by atoms with Gasteiger partial charge in [-0.3, -0.25) is 19.4 Å². The van der Waals surface area contributed by atoms with Gasteiger partial charge in [-0.05, 0) is 73.3 Å². The summed E-state index contributed by atoms with van der Waals surface area (Å²) in [6, 6.07) is 6.43. The lowest BCUT2D eigenvalue weighted by molar-refractivity contribution is 0.0943. The number of aromatic nitrogens is 3. The van der Waals surface area contributed by atoms with Crippen molar-refractivity contribution in [1.82, 2.24) is 25.0 Å². The van der Waals surface area contributed by atoms with E-state index in [4.69, 9.17) is 0 Å². The lowest BCUT2D eigenvalue weighted by Gasteiger charge is -2.31. The zero-order valence-electron chi connectivity index (χ0n) is 17.0. The predicted octanol–water partition coefficient (Wildman–Crippen LogP) is 3.28. The molecule has 4 rings (SSSR count). The molecule has 3 aromatic rings. The highest BCUT2D eigenvalue weighted by Crippen LogP contribution is 2.28. The second kappa shape index (κ2) is 8.88. The fraction of sp³-hybridized carbons (Fsp3) is 0.409. The average Bonchev–Trinajstić information content (AvgIpc) is 3.39. The summed E-state index contributed by atoms with van der Waals surface area (Å²) in [5, 5.41) is 12.0. The highest BCUT2D eigenvalue weighted by molar-refractivity contribution is 7.07. The number of thiophene rings is 1. The van der Waals surface area contributed by atoms with Crippen LogP contribution in [-0.2, 0) is 32.5 Å². The molecule has 1 atom stereocenters. The molecule has 3 aromatic heterocycles. The van der Waals surface area contributed by atoms with E-state index in [0.29, 0.717) is 18.3 Å². The average molecular weight is 410 g/mol. The molecule has 1 N–H and O–H groups in total. The second-order valence-corrected chi connectivity index (χ2v) is 8.35. The summed E-state index contributed by atoms with van der Waals surface area (Å²) in [5.41, 5.74) is 5.31. The van der Waals surface area contributed by atoms with Crippen molar-refractivity contribution in [3.05, 3.63) is 69.4 Å². The number of fused-ring (bicyclic) bond motifs is 1. The molecule has 3 heterocycles. The van der Waals surface area contributed by atoms with Gasteiger partial charge >= 0.3 is 0 Å². The molecule has 6 nitrogen and oxygen atoms in total. The first kappa shape index (κ1) is 19.8. The smallest absolute Gasteiger partial charge is 0.272 e. The number of carbonyl (C=O) groups excluding carboxylic acids is 1. The van der Waals surface area contributed by atoms with Crippen LogP contribution in [-0.4, -0.2) is 38.7 Å². The molecule has 0 radical (unpaired) electrons. The first-order valence-electron chi connectivity index (χ1n) is 10.1. The molecule has 0 fully saturated rings. The molecule has 0 spiro atoms. The molecule has 1 amide bonds. The van der Waals surface area contributed by atoms with Gasteiger partial charge in [0.05, 0.1) is 0 Å². The molecule has 0 bridgehead atoms. The van der Waals surface area contributed by atoms with Crippen molar-refractivity contribution in [1.29, 1.82) is 0 Å². The van der Waals surface area contributed by atoms with Crippen LogP contribution in [0.1, 0.15) is 46.2 Å². The fourth-order valence-corrected chi connectivity index (χ4v) is 4.72.